The van der Waals surface area contributed by atoms with Crippen LogP contribution in [0.3, 0.4) is 0 Å². The fourth-order valence-corrected chi connectivity index (χ4v) is 3.19. The number of aliphatic hydroxyl groups is 1. The van der Waals surface area contributed by atoms with Crippen LogP contribution in [0.5, 0.6) is 0 Å². The Hall–Kier alpha value is -3.06. The summed E-state index contributed by atoms with van der Waals surface area (Å²) in [6, 6.07) is 11.8. The number of hydrogen-bond acceptors (Lipinski definition) is 5. The molecule has 0 amide bonds. The third kappa shape index (κ3) is 2.57. The maximum Gasteiger partial charge on any atom is 0.280 e. The number of rotatable bonds is 5. The molecule has 4 rings (SSSR count). The zero-order valence-electron chi connectivity index (χ0n) is 14.5. The van der Waals surface area contributed by atoms with Gasteiger partial charge in [0.25, 0.3) is 5.56 Å². The Labute approximate surface area is 149 Å². The molecule has 0 fully saturated rings. The maximum absolute atomic E-state index is 12.6. The molecule has 7 heteroatoms. The summed E-state index contributed by atoms with van der Waals surface area (Å²) in [5.74, 6) is 0. The lowest BCUT2D eigenvalue weighted by Gasteiger charge is -2.06. The van der Waals surface area contributed by atoms with Crippen molar-refractivity contribution in [3.05, 3.63) is 58.6 Å². The summed E-state index contributed by atoms with van der Waals surface area (Å²) >= 11 is 0. The van der Waals surface area contributed by atoms with Crippen LogP contribution in [0.4, 0.5) is 0 Å². The van der Waals surface area contributed by atoms with Crippen molar-refractivity contribution in [3.8, 4) is 11.1 Å². The predicted molar refractivity (Wildman–Crippen MR) is 99.1 cm³/mol. The van der Waals surface area contributed by atoms with Crippen molar-refractivity contribution in [3.63, 3.8) is 0 Å². The van der Waals surface area contributed by atoms with Crippen LogP contribution >= 0.6 is 0 Å². The normalized spacial score (nSPS) is 11.5. The van der Waals surface area contributed by atoms with Crippen LogP contribution in [0, 0.1) is 0 Å². The highest BCUT2D eigenvalue weighted by Crippen LogP contribution is 2.28. The fourth-order valence-electron chi connectivity index (χ4n) is 3.19. The predicted octanol–water partition coefficient (Wildman–Crippen LogP) is 2.05. The average Bonchev–Trinajstić information content (AvgIpc) is 3.07. The van der Waals surface area contributed by atoms with Gasteiger partial charge in [-0.05, 0) is 24.5 Å². The third-order valence-electron chi connectivity index (χ3n) is 4.48. The zero-order chi connectivity index (χ0) is 18.1. The number of pyridine rings is 1. The highest BCUT2D eigenvalue weighted by Gasteiger charge is 2.18. The lowest BCUT2D eigenvalue weighted by atomic mass is 10.0. The molecule has 4 aromatic rings. The van der Waals surface area contributed by atoms with Crippen molar-refractivity contribution in [1.82, 2.24) is 24.4 Å². The minimum atomic E-state index is -0.222. The number of hydrogen-bond donors (Lipinski definition) is 1. The lowest BCUT2D eigenvalue weighted by molar-refractivity contribution is 0.279. The quantitative estimate of drug-likeness (QED) is 0.596. The Balaban J connectivity index is 1.98. The first-order chi connectivity index (χ1) is 12.7. The van der Waals surface area contributed by atoms with Crippen LogP contribution in [-0.4, -0.2) is 36.1 Å². The molecular weight excluding hydrogens is 330 g/mol. The van der Waals surface area contributed by atoms with E-state index in [0.29, 0.717) is 24.1 Å². The first-order valence-electron chi connectivity index (χ1n) is 8.68. The van der Waals surface area contributed by atoms with Crippen molar-refractivity contribution in [2.75, 3.05) is 6.61 Å². The number of nitrogens with zero attached hydrogens (tertiary/aromatic N) is 5. The zero-order valence-corrected chi connectivity index (χ0v) is 14.5. The van der Waals surface area contributed by atoms with Crippen molar-refractivity contribution < 1.29 is 5.11 Å². The largest absolute Gasteiger partial charge is 0.396 e. The van der Waals surface area contributed by atoms with Gasteiger partial charge in [0.2, 0.25) is 0 Å². The Kier molecular flexibility index (Phi) is 4.22. The average molecular weight is 349 g/mol. The van der Waals surface area contributed by atoms with E-state index in [2.05, 4.69) is 10.2 Å². The summed E-state index contributed by atoms with van der Waals surface area (Å²) in [5, 5.41) is 22.2. The fraction of sp³-hybridized carbons (Fsp3) is 0.263. The monoisotopic (exact) mass is 349 g/mol. The van der Waals surface area contributed by atoms with E-state index in [0.717, 1.165) is 23.2 Å². The minimum absolute atomic E-state index is 0.0364. The van der Waals surface area contributed by atoms with Gasteiger partial charge in [-0.15, -0.1) is 10.2 Å². The molecule has 1 N–H and O–H groups in total. The highest BCUT2D eigenvalue weighted by molar-refractivity contribution is 5.84. The molecule has 0 radical (unpaired) electrons. The van der Waals surface area contributed by atoms with Gasteiger partial charge in [-0.2, -0.15) is 5.10 Å². The SMILES string of the molecule is CCc1nn2c(nnc3c(=O)n(CCCO)ccc32)c1-c1ccccc1. The van der Waals surface area contributed by atoms with Gasteiger partial charge in [-0.3, -0.25) is 4.79 Å². The second kappa shape index (κ2) is 6.68. The summed E-state index contributed by atoms with van der Waals surface area (Å²) < 4.78 is 3.25. The first kappa shape index (κ1) is 16.4. The van der Waals surface area contributed by atoms with E-state index in [1.165, 1.54) is 0 Å². The number of benzene rings is 1. The Morgan fingerprint density at radius 2 is 1.92 bits per heavy atom. The molecule has 0 aliphatic rings. The number of fused-ring (bicyclic) bond motifs is 3. The molecule has 0 spiro atoms. The number of aryl methyl sites for hydroxylation is 2. The smallest absolute Gasteiger partial charge is 0.280 e. The van der Waals surface area contributed by atoms with Crippen LogP contribution < -0.4 is 5.56 Å². The van der Waals surface area contributed by atoms with Gasteiger partial charge in [0.1, 0.15) is 5.52 Å². The molecule has 0 saturated heterocycles. The van der Waals surface area contributed by atoms with Crippen LogP contribution in [0.1, 0.15) is 19.0 Å². The van der Waals surface area contributed by atoms with Gasteiger partial charge in [0.15, 0.2) is 11.2 Å². The summed E-state index contributed by atoms with van der Waals surface area (Å²) in [5.41, 5.74) is 4.24. The Morgan fingerprint density at radius 3 is 2.65 bits per heavy atom. The van der Waals surface area contributed by atoms with E-state index >= 15 is 0 Å². The maximum atomic E-state index is 12.6. The van der Waals surface area contributed by atoms with Gasteiger partial charge in [0, 0.05) is 19.3 Å². The molecule has 3 heterocycles. The topological polar surface area (TPSA) is 85.3 Å². The number of aliphatic hydroxyl groups excluding tert-OH is 1. The standard InChI is InChI=1S/C19H19N5O2/c1-2-14-16(13-7-4-3-5-8-13)18-21-20-17-15(24(18)22-14)9-11-23(19(17)26)10-6-12-25/h3-5,7-9,11,25H,2,6,10,12H2,1H3. The van der Waals surface area contributed by atoms with Gasteiger partial charge >= 0.3 is 0 Å². The summed E-state index contributed by atoms with van der Waals surface area (Å²) in [4.78, 5) is 12.6. The highest BCUT2D eigenvalue weighted by atomic mass is 16.3. The molecular formula is C19H19N5O2. The second-order valence-electron chi connectivity index (χ2n) is 6.10. The molecule has 1 aromatic carbocycles. The van der Waals surface area contributed by atoms with Crippen LogP contribution in [-0.2, 0) is 13.0 Å². The number of aromatic nitrogens is 5. The van der Waals surface area contributed by atoms with E-state index in [1.807, 2.05) is 43.3 Å². The lowest BCUT2D eigenvalue weighted by Crippen LogP contribution is -2.22. The second-order valence-corrected chi connectivity index (χ2v) is 6.10. The third-order valence-corrected chi connectivity index (χ3v) is 4.48. The van der Waals surface area contributed by atoms with Gasteiger partial charge < -0.3 is 9.67 Å². The summed E-state index contributed by atoms with van der Waals surface area (Å²) in [6.07, 6.45) is 2.99. The first-order valence-corrected chi connectivity index (χ1v) is 8.68. The minimum Gasteiger partial charge on any atom is -0.396 e. The molecule has 0 aliphatic heterocycles. The molecule has 0 saturated carbocycles. The Bertz CT molecular complexity index is 1130. The van der Waals surface area contributed by atoms with E-state index in [4.69, 9.17) is 10.2 Å². The molecule has 3 aromatic heterocycles. The van der Waals surface area contributed by atoms with Crippen molar-refractivity contribution in [1.29, 1.82) is 0 Å². The summed E-state index contributed by atoms with van der Waals surface area (Å²) in [7, 11) is 0. The van der Waals surface area contributed by atoms with Crippen molar-refractivity contribution >= 4 is 16.7 Å². The summed E-state index contributed by atoms with van der Waals surface area (Å²) in [6.45, 7) is 2.53. The molecule has 0 unspecified atom stereocenters. The van der Waals surface area contributed by atoms with Crippen LogP contribution in [0.25, 0.3) is 27.8 Å². The van der Waals surface area contributed by atoms with E-state index in [1.54, 1.807) is 15.3 Å². The molecule has 7 nitrogen and oxygen atoms in total. The molecule has 0 bridgehead atoms. The molecule has 26 heavy (non-hydrogen) atoms. The van der Waals surface area contributed by atoms with Crippen LogP contribution in [0.15, 0.2) is 47.4 Å². The Morgan fingerprint density at radius 1 is 1.12 bits per heavy atom. The van der Waals surface area contributed by atoms with Crippen LogP contribution in [0.2, 0.25) is 0 Å². The van der Waals surface area contributed by atoms with Crippen molar-refractivity contribution in [2.24, 2.45) is 0 Å². The molecule has 0 atom stereocenters. The molecule has 132 valence electrons. The van der Waals surface area contributed by atoms with E-state index < -0.39 is 0 Å². The van der Waals surface area contributed by atoms with E-state index in [9.17, 15) is 4.79 Å². The van der Waals surface area contributed by atoms with Gasteiger partial charge in [0.05, 0.1) is 11.3 Å². The molecule has 0 aliphatic carbocycles. The van der Waals surface area contributed by atoms with E-state index in [-0.39, 0.29) is 17.7 Å². The van der Waals surface area contributed by atoms with Crippen molar-refractivity contribution in [2.45, 2.75) is 26.3 Å². The van der Waals surface area contributed by atoms with Gasteiger partial charge in [-0.1, -0.05) is 37.3 Å². The van der Waals surface area contributed by atoms with Gasteiger partial charge in [-0.25, -0.2) is 4.52 Å².